The van der Waals surface area contributed by atoms with Crippen molar-refractivity contribution < 1.29 is 14.3 Å². The molecule has 0 spiro atoms. The van der Waals surface area contributed by atoms with Gasteiger partial charge in [0, 0.05) is 23.0 Å². The monoisotopic (exact) mass is 328 g/mol. The predicted octanol–water partition coefficient (Wildman–Crippen LogP) is 3.48. The highest BCUT2D eigenvalue weighted by Gasteiger charge is 2.26. The highest BCUT2D eigenvalue weighted by Crippen LogP contribution is 2.39. The number of carbonyl (C=O) groups excluding carboxylic acids is 1. The maximum Gasteiger partial charge on any atom is 0.251 e. The molecule has 0 bridgehead atoms. The van der Waals surface area contributed by atoms with Crippen LogP contribution in [0.2, 0.25) is 0 Å². The van der Waals surface area contributed by atoms with Gasteiger partial charge in [0.15, 0.2) is 11.5 Å². The highest BCUT2D eigenvalue weighted by atomic mass is 16.6. The van der Waals surface area contributed by atoms with Crippen molar-refractivity contribution in [1.29, 1.82) is 0 Å². The number of hydrogen-bond acceptors (Lipinski definition) is 3. The molecule has 0 fully saturated rings. The summed E-state index contributed by atoms with van der Waals surface area (Å²) in [7, 11) is 0. The normalized spacial score (nSPS) is 13.4. The van der Waals surface area contributed by atoms with Crippen molar-refractivity contribution in [2.45, 2.75) is 40.2 Å². The first-order valence-electron chi connectivity index (χ1n) is 8.39. The van der Waals surface area contributed by atoms with E-state index >= 15 is 0 Å². The van der Waals surface area contributed by atoms with E-state index in [0.717, 1.165) is 34.7 Å². The molecule has 0 aliphatic carbocycles. The van der Waals surface area contributed by atoms with Gasteiger partial charge in [0.1, 0.15) is 13.2 Å². The average Bonchev–Trinajstić information content (AvgIpc) is 2.87. The van der Waals surface area contributed by atoms with Crippen LogP contribution < -0.4 is 15.2 Å². The van der Waals surface area contributed by atoms with Crippen LogP contribution in [0.1, 0.15) is 48.6 Å². The zero-order chi connectivity index (χ0) is 17.4. The van der Waals surface area contributed by atoms with Crippen LogP contribution in [0.15, 0.2) is 18.2 Å². The second-order valence-corrected chi connectivity index (χ2v) is 6.32. The molecule has 2 heterocycles. The fourth-order valence-electron chi connectivity index (χ4n) is 3.63. The number of benzene rings is 1. The van der Waals surface area contributed by atoms with E-state index < -0.39 is 5.91 Å². The summed E-state index contributed by atoms with van der Waals surface area (Å²) >= 11 is 0. The van der Waals surface area contributed by atoms with Crippen LogP contribution in [0.25, 0.3) is 11.1 Å². The van der Waals surface area contributed by atoms with Crippen molar-refractivity contribution in [3.8, 4) is 22.6 Å². The van der Waals surface area contributed by atoms with E-state index in [2.05, 4.69) is 25.3 Å². The van der Waals surface area contributed by atoms with E-state index in [-0.39, 0.29) is 6.04 Å². The molecule has 2 aromatic rings. The van der Waals surface area contributed by atoms with Gasteiger partial charge in [0.2, 0.25) is 0 Å². The third-order valence-electron chi connectivity index (χ3n) is 4.48. The first kappa shape index (κ1) is 16.4. The minimum Gasteiger partial charge on any atom is -0.486 e. The summed E-state index contributed by atoms with van der Waals surface area (Å²) in [5.41, 5.74) is 10.2. The van der Waals surface area contributed by atoms with Gasteiger partial charge in [-0.2, -0.15) is 0 Å². The zero-order valence-corrected chi connectivity index (χ0v) is 14.7. The Kier molecular flexibility index (Phi) is 4.26. The number of hydrogen-bond donors (Lipinski definition) is 1. The third-order valence-corrected chi connectivity index (χ3v) is 4.48. The topological polar surface area (TPSA) is 66.5 Å². The first-order valence-corrected chi connectivity index (χ1v) is 8.39. The smallest absolute Gasteiger partial charge is 0.251 e. The zero-order valence-electron chi connectivity index (χ0n) is 14.7. The number of primary amides is 1. The van der Waals surface area contributed by atoms with Crippen LogP contribution in [-0.2, 0) is 6.42 Å². The largest absolute Gasteiger partial charge is 0.486 e. The summed E-state index contributed by atoms with van der Waals surface area (Å²) in [6.45, 7) is 9.38. The quantitative estimate of drug-likeness (QED) is 0.934. The molecule has 0 saturated carbocycles. The van der Waals surface area contributed by atoms with Crippen LogP contribution in [0.5, 0.6) is 11.5 Å². The molecule has 0 atom stereocenters. The minimum atomic E-state index is -0.397. The average molecular weight is 328 g/mol. The van der Waals surface area contributed by atoms with Gasteiger partial charge in [0.05, 0.1) is 5.56 Å². The van der Waals surface area contributed by atoms with Gasteiger partial charge in [0.25, 0.3) is 5.91 Å². The van der Waals surface area contributed by atoms with E-state index in [1.54, 1.807) is 0 Å². The fourth-order valence-corrected chi connectivity index (χ4v) is 3.63. The summed E-state index contributed by atoms with van der Waals surface area (Å²) < 4.78 is 13.5. The summed E-state index contributed by atoms with van der Waals surface area (Å²) in [5, 5.41) is 0. The summed E-state index contributed by atoms with van der Waals surface area (Å²) in [6, 6.07) is 6.07. The number of aromatic nitrogens is 1. The second kappa shape index (κ2) is 6.23. The summed E-state index contributed by atoms with van der Waals surface area (Å²) in [5.74, 6) is 1.06. The van der Waals surface area contributed by atoms with Gasteiger partial charge in [-0.15, -0.1) is 0 Å². The van der Waals surface area contributed by atoms with Gasteiger partial charge in [-0.05, 0) is 44.9 Å². The molecule has 0 radical (unpaired) electrons. The van der Waals surface area contributed by atoms with Gasteiger partial charge in [-0.1, -0.05) is 13.0 Å². The van der Waals surface area contributed by atoms with Gasteiger partial charge < -0.3 is 19.8 Å². The molecule has 1 aliphatic heterocycles. The lowest BCUT2D eigenvalue weighted by molar-refractivity contribution is 0.1000. The van der Waals surface area contributed by atoms with Gasteiger partial charge in [-0.3, -0.25) is 4.79 Å². The number of nitrogens with two attached hydrogens (primary N) is 1. The molecule has 1 amide bonds. The fraction of sp³-hybridized carbons (Fsp3) is 0.421. The Labute approximate surface area is 142 Å². The van der Waals surface area contributed by atoms with Crippen molar-refractivity contribution in [3.05, 3.63) is 35.2 Å². The van der Waals surface area contributed by atoms with E-state index in [1.807, 2.05) is 25.1 Å². The number of nitrogens with zero attached hydrogens (tertiary/aromatic N) is 1. The molecular formula is C19H24N2O3. The molecule has 0 unspecified atom stereocenters. The molecule has 5 heteroatoms. The van der Waals surface area contributed by atoms with Crippen molar-refractivity contribution in [1.82, 2.24) is 4.57 Å². The van der Waals surface area contributed by atoms with E-state index in [9.17, 15) is 4.79 Å². The number of carbonyl (C=O) groups is 1. The van der Waals surface area contributed by atoms with Crippen molar-refractivity contribution in [2.75, 3.05) is 13.2 Å². The Morgan fingerprint density at radius 2 is 1.92 bits per heavy atom. The molecule has 1 aromatic carbocycles. The lowest BCUT2D eigenvalue weighted by Crippen LogP contribution is -2.15. The highest BCUT2D eigenvalue weighted by molar-refractivity contribution is 6.02. The lowest BCUT2D eigenvalue weighted by atomic mass is 9.98. The molecule has 3 rings (SSSR count). The SMILES string of the molecule is CCc1c(-c2ccc3c(c2)OCCO3)c(C(N)=O)c(C)n1C(C)C. The van der Waals surface area contributed by atoms with Crippen LogP contribution in [0, 0.1) is 6.92 Å². The predicted molar refractivity (Wildman–Crippen MR) is 93.9 cm³/mol. The van der Waals surface area contributed by atoms with Crippen molar-refractivity contribution in [3.63, 3.8) is 0 Å². The Hall–Kier alpha value is -2.43. The van der Waals surface area contributed by atoms with Crippen LogP contribution in [0.3, 0.4) is 0 Å². The molecule has 5 nitrogen and oxygen atoms in total. The van der Waals surface area contributed by atoms with Gasteiger partial charge >= 0.3 is 0 Å². The standard InChI is InChI=1S/C19H24N2O3/c1-5-14-18(17(19(20)22)12(4)21(14)11(2)3)13-6-7-15-16(10-13)24-9-8-23-15/h6-7,10-11H,5,8-9H2,1-4H3,(H2,20,22). The van der Waals surface area contributed by atoms with Crippen LogP contribution in [-0.4, -0.2) is 23.7 Å². The molecule has 1 aromatic heterocycles. The first-order chi connectivity index (χ1) is 11.5. The van der Waals surface area contributed by atoms with E-state index in [4.69, 9.17) is 15.2 Å². The molecule has 1 aliphatic rings. The molecule has 24 heavy (non-hydrogen) atoms. The number of rotatable bonds is 4. The summed E-state index contributed by atoms with van der Waals surface area (Å²) in [4.78, 5) is 12.2. The van der Waals surface area contributed by atoms with Crippen molar-refractivity contribution in [2.24, 2.45) is 5.73 Å². The Balaban J connectivity index is 2.27. The third kappa shape index (κ3) is 2.54. The Morgan fingerprint density at radius 3 is 2.50 bits per heavy atom. The van der Waals surface area contributed by atoms with E-state index in [0.29, 0.717) is 24.5 Å². The van der Waals surface area contributed by atoms with E-state index in [1.165, 1.54) is 0 Å². The molecule has 2 N–H and O–H groups in total. The maximum absolute atomic E-state index is 12.2. The number of fused-ring (bicyclic) bond motifs is 1. The van der Waals surface area contributed by atoms with Crippen LogP contribution >= 0.6 is 0 Å². The van der Waals surface area contributed by atoms with Crippen LogP contribution in [0.4, 0.5) is 0 Å². The second-order valence-electron chi connectivity index (χ2n) is 6.32. The number of amides is 1. The van der Waals surface area contributed by atoms with Gasteiger partial charge in [-0.25, -0.2) is 0 Å². The molecular weight excluding hydrogens is 304 g/mol. The Morgan fingerprint density at radius 1 is 1.25 bits per heavy atom. The Bertz CT molecular complexity index is 790. The molecule has 128 valence electrons. The van der Waals surface area contributed by atoms with Crippen molar-refractivity contribution >= 4 is 5.91 Å². The summed E-state index contributed by atoms with van der Waals surface area (Å²) in [6.07, 6.45) is 0.816. The maximum atomic E-state index is 12.2. The minimum absolute atomic E-state index is 0.254. The number of ether oxygens (including phenoxy) is 2. The lowest BCUT2D eigenvalue weighted by Gasteiger charge is -2.19. The molecule has 0 saturated heterocycles.